The van der Waals surface area contributed by atoms with Crippen LogP contribution in [0.2, 0.25) is 5.02 Å². The Balaban J connectivity index is 1.58. The van der Waals surface area contributed by atoms with Crippen LogP contribution < -0.4 is 14.4 Å². The molecule has 1 aliphatic rings. The van der Waals surface area contributed by atoms with Gasteiger partial charge in [0, 0.05) is 24.2 Å². The monoisotopic (exact) mass is 457 g/mol. The Hall–Kier alpha value is -2.61. The van der Waals surface area contributed by atoms with Crippen LogP contribution in [0.5, 0.6) is 11.5 Å². The number of anilines is 1. The highest BCUT2D eigenvalue weighted by Gasteiger charge is 2.19. The van der Waals surface area contributed by atoms with Crippen molar-refractivity contribution in [3.63, 3.8) is 0 Å². The maximum absolute atomic E-state index is 13.2. The van der Waals surface area contributed by atoms with Crippen molar-refractivity contribution in [2.24, 2.45) is 0 Å². The predicted octanol–water partition coefficient (Wildman–Crippen LogP) is 5.07. The van der Waals surface area contributed by atoms with Crippen molar-refractivity contribution in [3.05, 3.63) is 53.1 Å². The summed E-state index contributed by atoms with van der Waals surface area (Å²) in [6.45, 7) is 7.65. The van der Waals surface area contributed by atoms with Crippen molar-refractivity contribution in [3.8, 4) is 11.5 Å². The number of thiazole rings is 1. The molecule has 4 rings (SSSR count). The average Bonchev–Trinajstić information content (AvgIpc) is 3.41. The molecule has 0 aliphatic carbocycles. The topological polar surface area (TPSA) is 54.9 Å². The van der Waals surface area contributed by atoms with Gasteiger partial charge in [0.2, 0.25) is 6.79 Å². The minimum Gasteiger partial charge on any atom is -0.454 e. The largest absolute Gasteiger partial charge is 0.454 e. The molecular formula is C23H24ClN3O3S. The molecule has 1 amide bonds. The number of amides is 1. The van der Waals surface area contributed by atoms with Crippen molar-refractivity contribution in [1.82, 2.24) is 9.88 Å². The summed E-state index contributed by atoms with van der Waals surface area (Å²) in [7, 11) is 0. The van der Waals surface area contributed by atoms with E-state index in [-0.39, 0.29) is 12.7 Å². The number of benzene rings is 2. The van der Waals surface area contributed by atoms with Crippen LogP contribution in [0.15, 0.2) is 42.5 Å². The summed E-state index contributed by atoms with van der Waals surface area (Å²) in [4.78, 5) is 21.9. The summed E-state index contributed by atoms with van der Waals surface area (Å²) in [5.74, 6) is 1.29. The smallest absolute Gasteiger partial charge is 0.252 e. The molecule has 0 spiro atoms. The number of ether oxygens (including phenoxy) is 2. The van der Waals surface area contributed by atoms with Gasteiger partial charge in [0.05, 0.1) is 10.2 Å². The SMILES string of the molecule is CCN(CC)CCN(C(=O)/C=C/c1ccc2c(c1)OCO2)c1nc2ccc(Cl)cc2s1. The lowest BCUT2D eigenvalue weighted by molar-refractivity contribution is -0.114. The Labute approximate surface area is 190 Å². The molecule has 1 aliphatic heterocycles. The first-order valence-electron chi connectivity index (χ1n) is 10.2. The van der Waals surface area contributed by atoms with Gasteiger partial charge in [0.1, 0.15) is 0 Å². The van der Waals surface area contributed by atoms with Gasteiger partial charge >= 0.3 is 0 Å². The fourth-order valence-electron chi connectivity index (χ4n) is 3.36. The predicted molar refractivity (Wildman–Crippen MR) is 126 cm³/mol. The van der Waals surface area contributed by atoms with Gasteiger partial charge in [-0.1, -0.05) is 42.9 Å². The van der Waals surface area contributed by atoms with Crippen LogP contribution >= 0.6 is 22.9 Å². The summed E-state index contributed by atoms with van der Waals surface area (Å²) in [6.07, 6.45) is 3.37. The molecule has 8 heteroatoms. The standard InChI is InChI=1S/C23H24ClN3O3S/c1-3-26(4-2)11-12-27(23-25-18-8-7-17(24)14-21(18)31-23)22(28)10-6-16-5-9-19-20(13-16)30-15-29-19/h5-10,13-14H,3-4,11-12,15H2,1-2H3/b10-6+. The van der Waals surface area contributed by atoms with Crippen LogP contribution in [0.25, 0.3) is 16.3 Å². The van der Waals surface area contributed by atoms with E-state index < -0.39 is 0 Å². The third kappa shape index (κ3) is 5.01. The van der Waals surface area contributed by atoms with Crippen molar-refractivity contribution >= 4 is 50.3 Å². The van der Waals surface area contributed by atoms with E-state index in [1.807, 2.05) is 36.4 Å². The normalized spacial score (nSPS) is 12.9. The van der Waals surface area contributed by atoms with E-state index in [0.29, 0.717) is 22.4 Å². The quantitative estimate of drug-likeness (QED) is 0.442. The number of carbonyl (C=O) groups is 1. The average molecular weight is 458 g/mol. The number of hydrogen-bond acceptors (Lipinski definition) is 6. The van der Waals surface area contributed by atoms with E-state index in [9.17, 15) is 4.79 Å². The van der Waals surface area contributed by atoms with Crippen LogP contribution in [-0.2, 0) is 4.79 Å². The molecule has 0 fully saturated rings. The Kier molecular flexibility index (Phi) is 6.75. The number of likely N-dealkylation sites (N-methyl/N-ethyl adjacent to an activating group) is 1. The van der Waals surface area contributed by atoms with E-state index in [2.05, 4.69) is 23.7 Å². The Morgan fingerprint density at radius 2 is 1.94 bits per heavy atom. The molecule has 0 N–H and O–H groups in total. The van der Waals surface area contributed by atoms with Crippen molar-refractivity contribution in [2.45, 2.75) is 13.8 Å². The third-order valence-electron chi connectivity index (χ3n) is 5.19. The van der Waals surface area contributed by atoms with Gasteiger partial charge in [0.25, 0.3) is 5.91 Å². The van der Waals surface area contributed by atoms with Gasteiger partial charge < -0.3 is 14.4 Å². The zero-order chi connectivity index (χ0) is 21.8. The maximum atomic E-state index is 13.2. The lowest BCUT2D eigenvalue weighted by atomic mass is 10.2. The molecule has 0 radical (unpaired) electrons. The molecule has 31 heavy (non-hydrogen) atoms. The highest BCUT2D eigenvalue weighted by molar-refractivity contribution is 7.22. The van der Waals surface area contributed by atoms with Crippen LogP contribution in [-0.4, -0.2) is 48.8 Å². The first kappa shape index (κ1) is 21.6. The minimum atomic E-state index is -0.116. The third-order valence-corrected chi connectivity index (χ3v) is 6.46. The number of nitrogens with zero attached hydrogens (tertiary/aromatic N) is 3. The Morgan fingerprint density at radius 1 is 1.13 bits per heavy atom. The highest BCUT2D eigenvalue weighted by Crippen LogP contribution is 2.33. The van der Waals surface area contributed by atoms with E-state index in [1.165, 1.54) is 11.3 Å². The maximum Gasteiger partial charge on any atom is 0.252 e. The number of rotatable bonds is 8. The second kappa shape index (κ2) is 9.68. The molecule has 2 heterocycles. The molecular weight excluding hydrogens is 434 g/mol. The number of fused-ring (bicyclic) bond motifs is 2. The zero-order valence-electron chi connectivity index (χ0n) is 17.5. The lowest BCUT2D eigenvalue weighted by Gasteiger charge is -2.23. The summed E-state index contributed by atoms with van der Waals surface area (Å²) in [6, 6.07) is 11.2. The van der Waals surface area contributed by atoms with Crippen LogP contribution in [0.1, 0.15) is 19.4 Å². The molecule has 0 unspecified atom stereocenters. The first-order chi connectivity index (χ1) is 15.1. The van der Waals surface area contributed by atoms with E-state index in [1.54, 1.807) is 17.1 Å². The van der Waals surface area contributed by atoms with Crippen LogP contribution in [0.3, 0.4) is 0 Å². The first-order valence-corrected chi connectivity index (χ1v) is 11.4. The van der Waals surface area contributed by atoms with Crippen LogP contribution in [0.4, 0.5) is 5.13 Å². The van der Waals surface area contributed by atoms with Gasteiger partial charge in [0.15, 0.2) is 16.6 Å². The fourth-order valence-corrected chi connectivity index (χ4v) is 4.63. The minimum absolute atomic E-state index is 0.116. The Bertz CT molecular complexity index is 1110. The molecule has 0 bridgehead atoms. The molecule has 0 saturated carbocycles. The van der Waals surface area contributed by atoms with E-state index in [0.717, 1.165) is 41.2 Å². The zero-order valence-corrected chi connectivity index (χ0v) is 19.1. The van der Waals surface area contributed by atoms with Gasteiger partial charge in [-0.3, -0.25) is 9.69 Å². The van der Waals surface area contributed by atoms with E-state index >= 15 is 0 Å². The summed E-state index contributed by atoms with van der Waals surface area (Å²) < 4.78 is 11.7. The molecule has 1 aromatic heterocycles. The van der Waals surface area contributed by atoms with Crippen molar-refractivity contribution in [2.75, 3.05) is 37.9 Å². The van der Waals surface area contributed by atoms with Crippen molar-refractivity contribution < 1.29 is 14.3 Å². The number of hydrogen-bond donors (Lipinski definition) is 0. The van der Waals surface area contributed by atoms with Gasteiger partial charge in [-0.2, -0.15) is 0 Å². The summed E-state index contributed by atoms with van der Waals surface area (Å²) >= 11 is 7.60. The van der Waals surface area contributed by atoms with E-state index in [4.69, 9.17) is 21.1 Å². The lowest BCUT2D eigenvalue weighted by Crippen LogP contribution is -2.38. The molecule has 6 nitrogen and oxygen atoms in total. The summed E-state index contributed by atoms with van der Waals surface area (Å²) in [5.41, 5.74) is 1.71. The van der Waals surface area contributed by atoms with Crippen molar-refractivity contribution in [1.29, 1.82) is 0 Å². The van der Waals surface area contributed by atoms with Crippen LogP contribution in [0, 0.1) is 0 Å². The second-order valence-corrected chi connectivity index (χ2v) is 8.52. The number of carbonyl (C=O) groups excluding carboxylic acids is 1. The summed E-state index contributed by atoms with van der Waals surface area (Å²) in [5, 5.41) is 1.33. The van der Waals surface area contributed by atoms with Gasteiger partial charge in [-0.05, 0) is 55.1 Å². The number of aromatic nitrogens is 1. The molecule has 3 aromatic rings. The number of halogens is 1. The molecule has 0 saturated heterocycles. The Morgan fingerprint density at radius 3 is 2.74 bits per heavy atom. The molecule has 0 atom stereocenters. The van der Waals surface area contributed by atoms with Gasteiger partial charge in [-0.25, -0.2) is 4.98 Å². The molecule has 162 valence electrons. The fraction of sp³-hybridized carbons (Fsp3) is 0.304. The van der Waals surface area contributed by atoms with Gasteiger partial charge in [-0.15, -0.1) is 0 Å². The highest BCUT2D eigenvalue weighted by atomic mass is 35.5. The second-order valence-electron chi connectivity index (χ2n) is 7.07. The molecule has 2 aromatic carbocycles.